The summed E-state index contributed by atoms with van der Waals surface area (Å²) in [6.45, 7) is 1.91. The topological polar surface area (TPSA) is 79.9 Å². The molecule has 2 N–H and O–H groups in total. The van der Waals surface area contributed by atoms with Gasteiger partial charge in [-0.2, -0.15) is 0 Å². The van der Waals surface area contributed by atoms with Crippen LogP contribution < -0.4 is 10.1 Å². The van der Waals surface area contributed by atoms with Gasteiger partial charge >= 0.3 is 0 Å². The summed E-state index contributed by atoms with van der Waals surface area (Å²) in [6, 6.07) is 12.9. The molecule has 3 rings (SSSR count). The van der Waals surface area contributed by atoms with Gasteiger partial charge in [-0.3, -0.25) is 9.89 Å². The monoisotopic (exact) mass is 388 g/mol. The molecule has 0 atom stereocenters. The lowest BCUT2D eigenvalue weighted by molar-refractivity contribution is -0.113. The summed E-state index contributed by atoms with van der Waals surface area (Å²) in [5.41, 5.74) is 2.55. The number of rotatable bonds is 6. The van der Waals surface area contributed by atoms with Gasteiger partial charge in [-0.25, -0.2) is 4.98 Å². The van der Waals surface area contributed by atoms with E-state index in [2.05, 4.69) is 20.5 Å². The van der Waals surface area contributed by atoms with Crippen LogP contribution in [-0.4, -0.2) is 34.0 Å². The highest BCUT2D eigenvalue weighted by molar-refractivity contribution is 7.99. The molecule has 0 aliphatic carbocycles. The standard InChI is InChI=1S/C18H17ClN4O2S/c1-11-3-6-13(19)9-15(11)20-16(24)10-26-18-21-17(22-23-18)12-4-7-14(25-2)8-5-12/h3-9H,10H2,1-2H3,(H,20,24)(H,21,22,23). The smallest absolute Gasteiger partial charge is 0.234 e. The van der Waals surface area contributed by atoms with Crippen molar-refractivity contribution in [1.82, 2.24) is 15.2 Å². The molecule has 2 aromatic carbocycles. The molecular weight excluding hydrogens is 372 g/mol. The van der Waals surface area contributed by atoms with Gasteiger partial charge in [-0.15, -0.1) is 5.10 Å². The number of nitrogens with zero attached hydrogens (tertiary/aromatic N) is 2. The van der Waals surface area contributed by atoms with Crippen LogP contribution in [0.15, 0.2) is 47.6 Å². The predicted molar refractivity (Wildman–Crippen MR) is 104 cm³/mol. The van der Waals surface area contributed by atoms with Crippen LogP contribution in [0.5, 0.6) is 5.75 Å². The highest BCUT2D eigenvalue weighted by Crippen LogP contribution is 2.23. The number of halogens is 1. The Bertz CT molecular complexity index is 912. The van der Waals surface area contributed by atoms with E-state index in [1.54, 1.807) is 19.2 Å². The van der Waals surface area contributed by atoms with Gasteiger partial charge in [0.1, 0.15) is 5.75 Å². The fourth-order valence-corrected chi connectivity index (χ4v) is 3.00. The van der Waals surface area contributed by atoms with Crippen molar-refractivity contribution in [2.45, 2.75) is 12.1 Å². The Morgan fingerprint density at radius 2 is 2.04 bits per heavy atom. The van der Waals surface area contributed by atoms with Gasteiger partial charge in [-0.05, 0) is 48.9 Å². The zero-order valence-corrected chi connectivity index (χ0v) is 15.8. The van der Waals surface area contributed by atoms with E-state index in [1.807, 2.05) is 37.3 Å². The first-order valence-electron chi connectivity index (χ1n) is 7.81. The van der Waals surface area contributed by atoms with Crippen molar-refractivity contribution in [2.75, 3.05) is 18.2 Å². The average molecular weight is 389 g/mol. The number of anilines is 1. The lowest BCUT2D eigenvalue weighted by Gasteiger charge is -2.07. The summed E-state index contributed by atoms with van der Waals surface area (Å²) < 4.78 is 5.14. The Morgan fingerprint density at radius 3 is 2.77 bits per heavy atom. The second kappa shape index (κ2) is 8.25. The molecule has 0 saturated heterocycles. The normalized spacial score (nSPS) is 10.6. The van der Waals surface area contributed by atoms with E-state index in [0.29, 0.717) is 21.7 Å². The van der Waals surface area contributed by atoms with Gasteiger partial charge in [0.25, 0.3) is 0 Å². The first-order chi connectivity index (χ1) is 12.5. The summed E-state index contributed by atoms with van der Waals surface area (Å²) in [7, 11) is 1.62. The maximum absolute atomic E-state index is 12.1. The van der Waals surface area contributed by atoms with E-state index in [-0.39, 0.29) is 11.7 Å². The molecule has 3 aromatic rings. The minimum absolute atomic E-state index is 0.142. The molecule has 6 nitrogen and oxygen atoms in total. The van der Waals surface area contributed by atoms with Gasteiger partial charge in [-0.1, -0.05) is 29.4 Å². The third-order valence-corrected chi connectivity index (χ3v) is 4.72. The van der Waals surface area contributed by atoms with Crippen molar-refractivity contribution in [1.29, 1.82) is 0 Å². The summed E-state index contributed by atoms with van der Waals surface area (Å²) in [5.74, 6) is 1.47. The first-order valence-corrected chi connectivity index (χ1v) is 9.17. The summed E-state index contributed by atoms with van der Waals surface area (Å²) in [5, 5.41) is 11.0. The second-order valence-electron chi connectivity index (χ2n) is 5.49. The van der Waals surface area contributed by atoms with Crippen molar-refractivity contribution < 1.29 is 9.53 Å². The Kier molecular flexibility index (Phi) is 5.80. The third kappa shape index (κ3) is 4.56. The number of aryl methyl sites for hydroxylation is 1. The molecule has 8 heteroatoms. The molecule has 0 bridgehead atoms. The Labute approximate surface area is 160 Å². The molecule has 0 fully saturated rings. The van der Waals surface area contributed by atoms with E-state index in [1.165, 1.54) is 11.8 Å². The van der Waals surface area contributed by atoms with E-state index < -0.39 is 0 Å². The van der Waals surface area contributed by atoms with Crippen LogP contribution in [0.1, 0.15) is 5.56 Å². The summed E-state index contributed by atoms with van der Waals surface area (Å²) in [4.78, 5) is 16.5. The SMILES string of the molecule is COc1ccc(-c2nc(SCC(=O)Nc3cc(Cl)ccc3C)n[nH]2)cc1. The van der Waals surface area contributed by atoms with Crippen molar-refractivity contribution in [2.24, 2.45) is 0 Å². The van der Waals surface area contributed by atoms with Crippen LogP contribution in [0.25, 0.3) is 11.4 Å². The summed E-state index contributed by atoms with van der Waals surface area (Å²) in [6.07, 6.45) is 0. The van der Waals surface area contributed by atoms with Crippen molar-refractivity contribution in [3.05, 3.63) is 53.1 Å². The molecule has 0 radical (unpaired) electrons. The molecule has 1 amide bonds. The molecule has 0 aliphatic heterocycles. The van der Waals surface area contributed by atoms with Crippen LogP contribution in [0.4, 0.5) is 5.69 Å². The number of thioether (sulfide) groups is 1. The number of ether oxygens (including phenoxy) is 1. The summed E-state index contributed by atoms with van der Waals surface area (Å²) >= 11 is 7.22. The highest BCUT2D eigenvalue weighted by atomic mass is 35.5. The average Bonchev–Trinajstić information content (AvgIpc) is 3.12. The second-order valence-corrected chi connectivity index (χ2v) is 6.87. The van der Waals surface area contributed by atoms with Crippen LogP contribution in [0.3, 0.4) is 0 Å². The Morgan fingerprint density at radius 1 is 1.27 bits per heavy atom. The zero-order chi connectivity index (χ0) is 18.5. The zero-order valence-electron chi connectivity index (χ0n) is 14.2. The quantitative estimate of drug-likeness (QED) is 0.619. The van der Waals surface area contributed by atoms with E-state index in [9.17, 15) is 4.79 Å². The van der Waals surface area contributed by atoms with Gasteiger partial charge in [0.05, 0.1) is 12.9 Å². The minimum atomic E-state index is -0.142. The molecule has 1 aromatic heterocycles. The van der Waals surface area contributed by atoms with Crippen LogP contribution >= 0.6 is 23.4 Å². The van der Waals surface area contributed by atoms with E-state index in [4.69, 9.17) is 16.3 Å². The number of aromatic nitrogens is 3. The van der Waals surface area contributed by atoms with Gasteiger partial charge < -0.3 is 10.1 Å². The number of benzene rings is 2. The van der Waals surface area contributed by atoms with Crippen molar-refractivity contribution in [3.63, 3.8) is 0 Å². The third-order valence-electron chi connectivity index (χ3n) is 3.63. The number of hydrogen-bond donors (Lipinski definition) is 2. The van der Waals surface area contributed by atoms with E-state index in [0.717, 1.165) is 16.9 Å². The molecule has 0 aliphatic rings. The van der Waals surface area contributed by atoms with Gasteiger partial charge in [0.15, 0.2) is 5.82 Å². The lowest BCUT2D eigenvalue weighted by Crippen LogP contribution is -2.14. The maximum atomic E-state index is 12.1. The predicted octanol–water partition coefficient (Wildman–Crippen LogP) is 4.17. The van der Waals surface area contributed by atoms with Crippen LogP contribution in [-0.2, 0) is 4.79 Å². The number of hydrogen-bond acceptors (Lipinski definition) is 5. The number of methoxy groups -OCH3 is 1. The fourth-order valence-electron chi connectivity index (χ4n) is 2.23. The van der Waals surface area contributed by atoms with Crippen molar-refractivity contribution in [3.8, 4) is 17.1 Å². The number of nitrogens with one attached hydrogen (secondary N) is 2. The Balaban J connectivity index is 1.58. The molecule has 0 saturated carbocycles. The molecule has 0 spiro atoms. The Hall–Kier alpha value is -2.51. The first kappa shape index (κ1) is 18.3. The molecule has 134 valence electrons. The molecule has 26 heavy (non-hydrogen) atoms. The number of amides is 1. The van der Waals surface area contributed by atoms with Gasteiger partial charge in [0.2, 0.25) is 11.1 Å². The lowest BCUT2D eigenvalue weighted by atomic mass is 10.2. The highest BCUT2D eigenvalue weighted by Gasteiger charge is 2.10. The molecule has 0 unspecified atom stereocenters. The van der Waals surface area contributed by atoms with E-state index >= 15 is 0 Å². The number of carbonyl (C=O) groups is 1. The number of carbonyl (C=O) groups excluding carboxylic acids is 1. The molecule has 1 heterocycles. The van der Waals surface area contributed by atoms with Crippen LogP contribution in [0.2, 0.25) is 5.02 Å². The number of H-pyrrole nitrogens is 1. The van der Waals surface area contributed by atoms with Crippen molar-refractivity contribution >= 4 is 35.0 Å². The fraction of sp³-hybridized carbons (Fsp3) is 0.167. The largest absolute Gasteiger partial charge is 0.497 e. The maximum Gasteiger partial charge on any atom is 0.234 e. The molecular formula is C18H17ClN4O2S. The number of aromatic amines is 1. The van der Waals surface area contributed by atoms with Crippen LogP contribution in [0, 0.1) is 6.92 Å². The van der Waals surface area contributed by atoms with Gasteiger partial charge in [0, 0.05) is 16.3 Å². The minimum Gasteiger partial charge on any atom is -0.497 e.